The number of aliphatic carboxylic acids is 1. The molecule has 7 nitrogen and oxygen atoms in total. The number of hydrogen-bond acceptors (Lipinski definition) is 4. The van der Waals surface area contributed by atoms with Gasteiger partial charge in [-0.1, -0.05) is 0 Å². The van der Waals surface area contributed by atoms with E-state index in [4.69, 9.17) is 5.11 Å². The topological polar surface area (TPSA) is 104 Å². The second-order valence-corrected chi connectivity index (χ2v) is 7.97. The molecule has 1 fully saturated rings. The first-order valence-electron chi connectivity index (χ1n) is 7.18. The van der Waals surface area contributed by atoms with Gasteiger partial charge in [-0.25, -0.2) is 13.2 Å². The predicted octanol–water partition coefficient (Wildman–Crippen LogP) is 0.706. The summed E-state index contributed by atoms with van der Waals surface area (Å²) >= 11 is 0. The molecule has 1 rings (SSSR count). The molecule has 1 atom stereocenters. The minimum Gasteiger partial charge on any atom is -0.481 e. The van der Waals surface area contributed by atoms with Crippen molar-refractivity contribution in [1.82, 2.24) is 10.2 Å². The van der Waals surface area contributed by atoms with Crippen molar-refractivity contribution in [3.63, 3.8) is 0 Å². The number of amides is 2. The van der Waals surface area contributed by atoms with Crippen LogP contribution in [0.5, 0.6) is 0 Å². The van der Waals surface area contributed by atoms with Crippen LogP contribution in [0, 0.1) is 5.92 Å². The predicted molar refractivity (Wildman–Crippen MR) is 78.9 cm³/mol. The molecule has 0 bridgehead atoms. The smallest absolute Gasteiger partial charge is 0.317 e. The van der Waals surface area contributed by atoms with Crippen molar-refractivity contribution in [3.8, 4) is 0 Å². The maximum Gasteiger partial charge on any atom is 0.317 e. The molecule has 1 unspecified atom stereocenters. The van der Waals surface area contributed by atoms with Gasteiger partial charge >= 0.3 is 12.0 Å². The van der Waals surface area contributed by atoms with E-state index in [0.717, 1.165) is 0 Å². The van der Waals surface area contributed by atoms with Gasteiger partial charge < -0.3 is 15.3 Å². The normalized spacial score (nSPS) is 20.4. The number of rotatable bonds is 7. The van der Waals surface area contributed by atoms with Crippen molar-refractivity contribution in [3.05, 3.63) is 0 Å². The quantitative estimate of drug-likeness (QED) is 0.719. The molecule has 122 valence electrons. The summed E-state index contributed by atoms with van der Waals surface area (Å²) in [5.41, 5.74) is 0. The fraction of sp³-hybridized carbons (Fsp3) is 0.846. The summed E-state index contributed by atoms with van der Waals surface area (Å²) < 4.78 is 22.7. The molecule has 1 saturated heterocycles. The molecule has 0 aliphatic carbocycles. The van der Waals surface area contributed by atoms with Gasteiger partial charge in [0.15, 0.2) is 9.84 Å². The number of hydrogen-bond donors (Lipinski definition) is 2. The van der Waals surface area contributed by atoms with Crippen molar-refractivity contribution < 1.29 is 23.1 Å². The molecule has 1 aliphatic heterocycles. The lowest BCUT2D eigenvalue weighted by Gasteiger charge is -2.27. The Morgan fingerprint density at radius 1 is 1.38 bits per heavy atom. The molecule has 21 heavy (non-hydrogen) atoms. The van der Waals surface area contributed by atoms with Crippen LogP contribution in [-0.2, 0) is 14.6 Å². The molecule has 2 amide bonds. The zero-order chi connectivity index (χ0) is 16.0. The lowest BCUT2D eigenvalue weighted by Crippen LogP contribution is -2.46. The third-order valence-electron chi connectivity index (χ3n) is 3.54. The number of carboxylic acids is 1. The van der Waals surface area contributed by atoms with Gasteiger partial charge in [-0.15, -0.1) is 0 Å². The van der Waals surface area contributed by atoms with Crippen LogP contribution in [-0.4, -0.2) is 61.1 Å². The molecule has 1 heterocycles. The van der Waals surface area contributed by atoms with E-state index in [1.807, 2.05) is 13.8 Å². The Kier molecular flexibility index (Phi) is 6.44. The van der Waals surface area contributed by atoms with E-state index in [1.54, 1.807) is 4.90 Å². The molecule has 8 heteroatoms. The Hall–Kier alpha value is -1.31. The zero-order valence-electron chi connectivity index (χ0n) is 12.5. The SMILES string of the molecule is CC(C)N(CCCC(=O)O)C(=O)NCC1CCS(=O)(=O)C1. The summed E-state index contributed by atoms with van der Waals surface area (Å²) in [4.78, 5) is 24.2. The highest BCUT2D eigenvalue weighted by atomic mass is 32.2. The van der Waals surface area contributed by atoms with Gasteiger partial charge in [0.2, 0.25) is 0 Å². The highest BCUT2D eigenvalue weighted by Gasteiger charge is 2.28. The Morgan fingerprint density at radius 2 is 2.05 bits per heavy atom. The van der Waals surface area contributed by atoms with E-state index >= 15 is 0 Å². The molecule has 0 aromatic heterocycles. The van der Waals surface area contributed by atoms with Crippen LogP contribution >= 0.6 is 0 Å². The summed E-state index contributed by atoms with van der Waals surface area (Å²) in [5.74, 6) is -0.573. The maximum atomic E-state index is 12.1. The van der Waals surface area contributed by atoms with E-state index in [0.29, 0.717) is 25.9 Å². The Labute approximate surface area is 125 Å². The highest BCUT2D eigenvalue weighted by Crippen LogP contribution is 2.17. The van der Waals surface area contributed by atoms with Crippen molar-refractivity contribution in [2.45, 2.75) is 39.2 Å². The van der Waals surface area contributed by atoms with Gasteiger partial charge in [-0.2, -0.15) is 0 Å². The summed E-state index contributed by atoms with van der Waals surface area (Å²) in [6, 6.07) is -0.300. The number of nitrogens with one attached hydrogen (secondary N) is 1. The average molecular weight is 320 g/mol. The molecule has 2 N–H and O–H groups in total. The van der Waals surface area contributed by atoms with Crippen LogP contribution in [0.2, 0.25) is 0 Å². The molecule has 1 aliphatic rings. The molecular weight excluding hydrogens is 296 g/mol. The van der Waals surface area contributed by atoms with Gasteiger partial charge in [0.25, 0.3) is 0 Å². The van der Waals surface area contributed by atoms with Gasteiger partial charge in [0.1, 0.15) is 0 Å². The summed E-state index contributed by atoms with van der Waals surface area (Å²) in [6.07, 6.45) is 1.01. The van der Waals surface area contributed by atoms with E-state index < -0.39 is 15.8 Å². The van der Waals surface area contributed by atoms with E-state index in [2.05, 4.69) is 5.32 Å². The van der Waals surface area contributed by atoms with E-state index in [-0.39, 0.29) is 35.9 Å². The van der Waals surface area contributed by atoms with E-state index in [1.165, 1.54) is 0 Å². The lowest BCUT2D eigenvalue weighted by molar-refractivity contribution is -0.137. The molecule has 0 saturated carbocycles. The van der Waals surface area contributed by atoms with Crippen molar-refractivity contribution in [2.24, 2.45) is 5.92 Å². The first-order valence-corrected chi connectivity index (χ1v) is 9.00. The molecule has 0 spiro atoms. The summed E-state index contributed by atoms with van der Waals surface area (Å²) in [7, 11) is -2.93. The average Bonchev–Trinajstić information content (AvgIpc) is 2.70. The second kappa shape index (κ2) is 7.63. The number of carbonyl (C=O) groups excluding carboxylic acids is 1. The van der Waals surface area contributed by atoms with Crippen LogP contribution < -0.4 is 5.32 Å². The third kappa shape index (κ3) is 6.33. The monoisotopic (exact) mass is 320 g/mol. The number of nitrogens with zero attached hydrogens (tertiary/aromatic N) is 1. The number of carbonyl (C=O) groups is 2. The minimum absolute atomic E-state index is 0.0213. The number of urea groups is 1. The molecule has 0 radical (unpaired) electrons. The zero-order valence-corrected chi connectivity index (χ0v) is 13.4. The summed E-state index contributed by atoms with van der Waals surface area (Å²) in [6.45, 7) is 4.44. The van der Waals surface area contributed by atoms with Gasteiger partial charge in [-0.3, -0.25) is 4.79 Å². The largest absolute Gasteiger partial charge is 0.481 e. The van der Waals surface area contributed by atoms with Crippen molar-refractivity contribution in [2.75, 3.05) is 24.6 Å². The minimum atomic E-state index is -2.93. The second-order valence-electron chi connectivity index (χ2n) is 5.74. The lowest BCUT2D eigenvalue weighted by atomic mass is 10.1. The van der Waals surface area contributed by atoms with Gasteiger partial charge in [0, 0.05) is 25.6 Å². The van der Waals surface area contributed by atoms with Crippen LogP contribution in [0.1, 0.15) is 33.1 Å². The Morgan fingerprint density at radius 3 is 2.52 bits per heavy atom. The first-order chi connectivity index (χ1) is 9.71. The van der Waals surface area contributed by atoms with Gasteiger partial charge in [0.05, 0.1) is 11.5 Å². The summed E-state index contributed by atoms with van der Waals surface area (Å²) in [5, 5.41) is 11.4. The molecular formula is C13H24N2O5S. The highest BCUT2D eigenvalue weighted by molar-refractivity contribution is 7.91. The third-order valence-corrected chi connectivity index (χ3v) is 5.38. The fourth-order valence-electron chi connectivity index (χ4n) is 2.36. The molecule has 0 aromatic rings. The van der Waals surface area contributed by atoms with Crippen LogP contribution in [0.15, 0.2) is 0 Å². The number of sulfone groups is 1. The van der Waals surface area contributed by atoms with E-state index in [9.17, 15) is 18.0 Å². The fourth-order valence-corrected chi connectivity index (χ4v) is 4.22. The Bertz CT molecular complexity index is 475. The van der Waals surface area contributed by atoms with Crippen LogP contribution in [0.3, 0.4) is 0 Å². The Balaban J connectivity index is 2.40. The van der Waals surface area contributed by atoms with Crippen LogP contribution in [0.4, 0.5) is 4.79 Å². The molecule has 0 aromatic carbocycles. The standard InChI is InChI=1S/C13H24N2O5S/c1-10(2)15(6-3-4-12(16)17)13(18)14-8-11-5-7-21(19,20)9-11/h10-11H,3-9H2,1-2H3,(H,14,18)(H,16,17). The maximum absolute atomic E-state index is 12.1. The first kappa shape index (κ1) is 17.7. The van der Waals surface area contributed by atoms with Crippen molar-refractivity contribution >= 4 is 21.8 Å². The van der Waals surface area contributed by atoms with Gasteiger partial charge in [-0.05, 0) is 32.6 Å². The van der Waals surface area contributed by atoms with Crippen molar-refractivity contribution in [1.29, 1.82) is 0 Å². The van der Waals surface area contributed by atoms with Crippen LogP contribution in [0.25, 0.3) is 0 Å². The number of carboxylic acid groups (broad SMARTS) is 1.